The SMILES string of the molecule is O=C(O)c1cc(O)cc(-c2cc(C(=O)O)ccc2F)c1. The number of phenolic OH excluding ortho intramolecular Hbond substituents is 1. The first-order valence-electron chi connectivity index (χ1n) is 5.49. The number of phenols is 1. The van der Waals surface area contributed by atoms with Gasteiger partial charge in [0.25, 0.3) is 0 Å². The molecule has 3 N–H and O–H groups in total. The van der Waals surface area contributed by atoms with E-state index in [0.29, 0.717) is 0 Å². The second-order valence-electron chi connectivity index (χ2n) is 4.07. The summed E-state index contributed by atoms with van der Waals surface area (Å²) in [6, 6.07) is 6.50. The van der Waals surface area contributed by atoms with Crippen LogP contribution in [-0.4, -0.2) is 27.3 Å². The van der Waals surface area contributed by atoms with Gasteiger partial charge in [-0.3, -0.25) is 0 Å². The summed E-state index contributed by atoms with van der Waals surface area (Å²) in [6.45, 7) is 0. The monoisotopic (exact) mass is 276 g/mol. The molecule has 0 saturated heterocycles. The summed E-state index contributed by atoms with van der Waals surface area (Å²) in [4.78, 5) is 21.8. The van der Waals surface area contributed by atoms with Crippen molar-refractivity contribution in [3.63, 3.8) is 0 Å². The maximum Gasteiger partial charge on any atom is 0.335 e. The van der Waals surface area contributed by atoms with E-state index in [1.807, 2.05) is 0 Å². The zero-order valence-corrected chi connectivity index (χ0v) is 10.0. The van der Waals surface area contributed by atoms with E-state index in [4.69, 9.17) is 10.2 Å². The molecular weight excluding hydrogens is 267 g/mol. The maximum atomic E-state index is 13.8. The van der Waals surface area contributed by atoms with E-state index in [1.54, 1.807) is 0 Å². The van der Waals surface area contributed by atoms with E-state index in [2.05, 4.69) is 0 Å². The van der Waals surface area contributed by atoms with Gasteiger partial charge < -0.3 is 15.3 Å². The lowest BCUT2D eigenvalue weighted by atomic mass is 10.00. The van der Waals surface area contributed by atoms with Gasteiger partial charge in [-0.15, -0.1) is 0 Å². The van der Waals surface area contributed by atoms with E-state index < -0.39 is 17.8 Å². The summed E-state index contributed by atoms with van der Waals surface area (Å²) in [5.41, 5.74) is -0.368. The first-order chi connectivity index (χ1) is 9.38. The van der Waals surface area contributed by atoms with Gasteiger partial charge in [-0.25, -0.2) is 14.0 Å². The van der Waals surface area contributed by atoms with Crippen LogP contribution >= 0.6 is 0 Å². The summed E-state index contributed by atoms with van der Waals surface area (Å²) in [7, 11) is 0. The zero-order valence-electron chi connectivity index (χ0n) is 10.0. The van der Waals surface area contributed by atoms with Crippen LogP contribution in [0.2, 0.25) is 0 Å². The summed E-state index contributed by atoms with van der Waals surface area (Å²) in [5, 5.41) is 27.2. The molecule has 5 nitrogen and oxygen atoms in total. The fraction of sp³-hybridized carbons (Fsp3) is 0. The molecule has 6 heteroatoms. The van der Waals surface area contributed by atoms with Gasteiger partial charge in [-0.05, 0) is 42.0 Å². The summed E-state index contributed by atoms with van der Waals surface area (Å²) in [6.07, 6.45) is 0. The van der Waals surface area contributed by atoms with Crippen molar-refractivity contribution >= 4 is 11.9 Å². The van der Waals surface area contributed by atoms with Crippen molar-refractivity contribution in [1.29, 1.82) is 0 Å². The van der Waals surface area contributed by atoms with Crippen LogP contribution in [0, 0.1) is 5.82 Å². The number of carbonyl (C=O) groups is 2. The molecule has 102 valence electrons. The molecule has 0 atom stereocenters. The average molecular weight is 276 g/mol. The van der Waals surface area contributed by atoms with Crippen LogP contribution in [0.15, 0.2) is 36.4 Å². The predicted octanol–water partition coefficient (Wildman–Crippen LogP) is 2.59. The van der Waals surface area contributed by atoms with Crippen molar-refractivity contribution in [3.8, 4) is 16.9 Å². The number of halogens is 1. The van der Waals surface area contributed by atoms with Gasteiger partial charge in [0.1, 0.15) is 11.6 Å². The van der Waals surface area contributed by atoms with Gasteiger partial charge in [0.2, 0.25) is 0 Å². The van der Waals surface area contributed by atoms with E-state index >= 15 is 0 Å². The van der Waals surface area contributed by atoms with E-state index in [-0.39, 0.29) is 28.0 Å². The van der Waals surface area contributed by atoms with E-state index in [0.717, 1.165) is 36.4 Å². The molecule has 20 heavy (non-hydrogen) atoms. The first kappa shape index (κ1) is 13.5. The van der Waals surface area contributed by atoms with E-state index in [9.17, 15) is 19.1 Å². The maximum absolute atomic E-state index is 13.8. The molecule has 0 fully saturated rings. The van der Waals surface area contributed by atoms with Crippen LogP contribution in [0.3, 0.4) is 0 Å². The van der Waals surface area contributed by atoms with E-state index in [1.165, 1.54) is 0 Å². The number of carboxylic acid groups (broad SMARTS) is 2. The lowest BCUT2D eigenvalue weighted by Gasteiger charge is -2.07. The number of aromatic hydroxyl groups is 1. The van der Waals surface area contributed by atoms with Gasteiger partial charge in [0, 0.05) is 5.56 Å². The van der Waals surface area contributed by atoms with Crippen molar-refractivity contribution in [1.82, 2.24) is 0 Å². The van der Waals surface area contributed by atoms with Gasteiger partial charge in [-0.1, -0.05) is 0 Å². The number of benzene rings is 2. The molecule has 0 heterocycles. The van der Waals surface area contributed by atoms with Crippen LogP contribution in [0.1, 0.15) is 20.7 Å². The van der Waals surface area contributed by atoms with Crippen LogP contribution in [-0.2, 0) is 0 Å². The third-order valence-corrected chi connectivity index (χ3v) is 2.69. The zero-order chi connectivity index (χ0) is 14.9. The first-order valence-corrected chi connectivity index (χ1v) is 5.49. The summed E-state index contributed by atoms with van der Waals surface area (Å²) >= 11 is 0. The second-order valence-corrected chi connectivity index (χ2v) is 4.07. The second kappa shape index (κ2) is 5.00. The smallest absolute Gasteiger partial charge is 0.335 e. The Balaban J connectivity index is 2.64. The summed E-state index contributed by atoms with van der Waals surface area (Å²) in [5.74, 6) is -3.57. The Kier molecular flexibility index (Phi) is 3.39. The number of carboxylic acids is 2. The number of aromatic carboxylic acids is 2. The molecule has 0 aromatic heterocycles. The molecule has 0 unspecified atom stereocenters. The Morgan fingerprint density at radius 3 is 2.15 bits per heavy atom. The highest BCUT2D eigenvalue weighted by Gasteiger charge is 2.13. The highest BCUT2D eigenvalue weighted by atomic mass is 19.1. The molecule has 0 radical (unpaired) electrons. The Labute approximate surface area is 112 Å². The topological polar surface area (TPSA) is 94.8 Å². The van der Waals surface area contributed by atoms with Gasteiger partial charge in [-0.2, -0.15) is 0 Å². The summed E-state index contributed by atoms with van der Waals surface area (Å²) < 4.78 is 13.8. The molecule has 0 amide bonds. The number of rotatable bonds is 3. The third kappa shape index (κ3) is 2.59. The van der Waals surface area contributed by atoms with Crippen molar-refractivity contribution in [3.05, 3.63) is 53.3 Å². The predicted molar refractivity (Wildman–Crippen MR) is 67.4 cm³/mol. The molecule has 0 saturated carbocycles. The fourth-order valence-electron chi connectivity index (χ4n) is 1.77. The molecule has 2 rings (SSSR count). The Morgan fingerprint density at radius 1 is 0.900 bits per heavy atom. The fourth-order valence-corrected chi connectivity index (χ4v) is 1.77. The van der Waals surface area contributed by atoms with Crippen molar-refractivity contribution in [2.45, 2.75) is 0 Å². The standard InChI is InChI=1S/C14H9FO5/c15-12-2-1-7(13(17)18)6-11(12)8-3-9(14(19)20)5-10(16)4-8/h1-6,16H,(H,17,18)(H,19,20). The van der Waals surface area contributed by atoms with Gasteiger partial charge in [0.15, 0.2) is 0 Å². The normalized spacial score (nSPS) is 10.2. The molecule has 0 aliphatic heterocycles. The molecule has 0 aliphatic carbocycles. The Hall–Kier alpha value is -2.89. The minimum atomic E-state index is -1.28. The molecule has 2 aromatic carbocycles. The number of hydrogen-bond donors (Lipinski definition) is 3. The lowest BCUT2D eigenvalue weighted by Crippen LogP contribution is -1.99. The molecule has 0 spiro atoms. The van der Waals surface area contributed by atoms with Crippen LogP contribution < -0.4 is 0 Å². The minimum Gasteiger partial charge on any atom is -0.508 e. The van der Waals surface area contributed by atoms with Crippen LogP contribution in [0.5, 0.6) is 5.75 Å². The molecule has 2 aromatic rings. The Bertz CT molecular complexity index is 709. The third-order valence-electron chi connectivity index (χ3n) is 2.69. The highest BCUT2D eigenvalue weighted by Crippen LogP contribution is 2.28. The quantitative estimate of drug-likeness (QED) is 0.800. The molecular formula is C14H9FO5. The minimum absolute atomic E-state index is 0.0861. The molecule has 0 bridgehead atoms. The molecule has 0 aliphatic rings. The lowest BCUT2D eigenvalue weighted by molar-refractivity contribution is 0.0685. The van der Waals surface area contributed by atoms with Gasteiger partial charge in [0.05, 0.1) is 11.1 Å². The van der Waals surface area contributed by atoms with Gasteiger partial charge >= 0.3 is 11.9 Å². The Morgan fingerprint density at radius 2 is 1.55 bits per heavy atom. The van der Waals surface area contributed by atoms with Crippen LogP contribution in [0.4, 0.5) is 4.39 Å². The highest BCUT2D eigenvalue weighted by molar-refractivity contribution is 5.92. The largest absolute Gasteiger partial charge is 0.508 e. The van der Waals surface area contributed by atoms with Crippen LogP contribution in [0.25, 0.3) is 11.1 Å². The average Bonchev–Trinajstić information content (AvgIpc) is 2.38. The van der Waals surface area contributed by atoms with Crippen molar-refractivity contribution in [2.24, 2.45) is 0 Å². The van der Waals surface area contributed by atoms with Crippen molar-refractivity contribution < 1.29 is 29.3 Å². The number of hydrogen-bond acceptors (Lipinski definition) is 3. The van der Waals surface area contributed by atoms with Crippen molar-refractivity contribution in [2.75, 3.05) is 0 Å².